The molecule has 0 saturated carbocycles. The summed E-state index contributed by atoms with van der Waals surface area (Å²) in [5.41, 5.74) is 2.77. The van der Waals surface area contributed by atoms with Crippen LogP contribution in [0.25, 0.3) is 10.8 Å². The van der Waals surface area contributed by atoms with E-state index in [-0.39, 0.29) is 24.1 Å². The zero-order valence-corrected chi connectivity index (χ0v) is 13.8. The van der Waals surface area contributed by atoms with Gasteiger partial charge in [-0.2, -0.15) is 0 Å². The fourth-order valence-electron chi connectivity index (χ4n) is 3.92. The average Bonchev–Trinajstić information content (AvgIpc) is 3.08. The first-order chi connectivity index (χ1) is 12.1. The summed E-state index contributed by atoms with van der Waals surface area (Å²) in [6, 6.07) is 3.79. The first-order valence-electron chi connectivity index (χ1n) is 8.08. The van der Waals surface area contributed by atoms with Gasteiger partial charge in [0.1, 0.15) is 0 Å². The van der Waals surface area contributed by atoms with E-state index in [1.54, 1.807) is 0 Å². The van der Waals surface area contributed by atoms with E-state index in [0.717, 1.165) is 29.6 Å². The molecule has 0 radical (unpaired) electrons. The zero-order chi connectivity index (χ0) is 17.3. The van der Waals surface area contributed by atoms with Gasteiger partial charge in [-0.15, -0.1) is 0 Å². The molecule has 0 saturated heterocycles. The number of fused-ring (bicyclic) bond motifs is 4. The first-order valence-corrected chi connectivity index (χ1v) is 8.08. The SMILES string of the molecule is COC1=CC(=O)c2cc3c4c(cc5c(c4c2C1=O)OCO5)CCN3C. The molecule has 6 nitrogen and oxygen atoms in total. The third-order valence-electron chi connectivity index (χ3n) is 5.13. The van der Waals surface area contributed by atoms with Crippen LogP contribution < -0.4 is 14.4 Å². The molecule has 0 fully saturated rings. The van der Waals surface area contributed by atoms with Crippen LogP contribution in [0.15, 0.2) is 24.0 Å². The highest BCUT2D eigenvalue weighted by molar-refractivity contribution is 6.30. The summed E-state index contributed by atoms with van der Waals surface area (Å²) in [6.45, 7) is 0.944. The molecule has 1 aliphatic carbocycles. The van der Waals surface area contributed by atoms with Crippen LogP contribution >= 0.6 is 0 Å². The van der Waals surface area contributed by atoms with E-state index < -0.39 is 0 Å². The van der Waals surface area contributed by atoms with Gasteiger partial charge < -0.3 is 19.1 Å². The van der Waals surface area contributed by atoms with E-state index in [0.29, 0.717) is 28.0 Å². The van der Waals surface area contributed by atoms with Gasteiger partial charge in [0.05, 0.1) is 7.11 Å². The number of hydrogen-bond donors (Lipinski definition) is 0. The van der Waals surface area contributed by atoms with Gasteiger partial charge in [-0.05, 0) is 24.1 Å². The Kier molecular flexibility index (Phi) is 2.72. The summed E-state index contributed by atoms with van der Waals surface area (Å²) in [4.78, 5) is 27.7. The fourth-order valence-corrected chi connectivity index (χ4v) is 3.92. The molecular formula is C19H15NO5. The summed E-state index contributed by atoms with van der Waals surface area (Å²) in [5, 5.41) is 1.61. The molecule has 6 heteroatoms. The minimum atomic E-state index is -0.299. The molecule has 2 aromatic carbocycles. The first kappa shape index (κ1) is 14.3. The Labute approximate surface area is 143 Å². The second-order valence-electron chi connectivity index (χ2n) is 6.42. The van der Waals surface area contributed by atoms with Crippen molar-refractivity contribution >= 4 is 28.0 Å². The number of likely N-dealkylation sites (N-methyl/N-ethyl adjacent to an activating group) is 1. The lowest BCUT2D eigenvalue weighted by Gasteiger charge is -2.30. The van der Waals surface area contributed by atoms with Gasteiger partial charge in [-0.3, -0.25) is 9.59 Å². The van der Waals surface area contributed by atoms with Gasteiger partial charge in [0.15, 0.2) is 23.0 Å². The van der Waals surface area contributed by atoms with Crippen LogP contribution in [0, 0.1) is 0 Å². The van der Waals surface area contributed by atoms with E-state index in [9.17, 15) is 9.59 Å². The van der Waals surface area contributed by atoms with Gasteiger partial charge in [-0.25, -0.2) is 0 Å². The third-order valence-corrected chi connectivity index (χ3v) is 5.13. The number of benzene rings is 2. The van der Waals surface area contributed by atoms with Crippen molar-refractivity contribution in [3.8, 4) is 11.5 Å². The summed E-state index contributed by atoms with van der Waals surface area (Å²) >= 11 is 0. The predicted octanol–water partition coefficient (Wildman–Crippen LogP) is 2.47. The van der Waals surface area contributed by atoms with Crippen molar-refractivity contribution in [2.75, 3.05) is 32.4 Å². The zero-order valence-electron chi connectivity index (χ0n) is 13.8. The van der Waals surface area contributed by atoms with Crippen molar-refractivity contribution < 1.29 is 23.8 Å². The molecule has 0 unspecified atom stereocenters. The van der Waals surface area contributed by atoms with Crippen molar-refractivity contribution in [2.24, 2.45) is 0 Å². The van der Waals surface area contributed by atoms with Crippen molar-refractivity contribution in [1.82, 2.24) is 0 Å². The van der Waals surface area contributed by atoms with Gasteiger partial charge in [-0.1, -0.05) is 0 Å². The van der Waals surface area contributed by atoms with Crippen LogP contribution in [0.4, 0.5) is 5.69 Å². The lowest BCUT2D eigenvalue weighted by molar-refractivity contribution is 0.0918. The summed E-state index contributed by atoms with van der Waals surface area (Å²) < 4.78 is 16.4. The number of allylic oxidation sites excluding steroid dienone is 2. The average molecular weight is 337 g/mol. The van der Waals surface area contributed by atoms with Crippen LogP contribution in [-0.4, -0.2) is 39.1 Å². The van der Waals surface area contributed by atoms with Crippen molar-refractivity contribution in [1.29, 1.82) is 0 Å². The van der Waals surface area contributed by atoms with Crippen LogP contribution in [0.3, 0.4) is 0 Å². The van der Waals surface area contributed by atoms with Crippen LogP contribution in [-0.2, 0) is 11.2 Å². The normalized spacial score (nSPS) is 17.7. The number of nitrogens with zero attached hydrogens (tertiary/aromatic N) is 1. The Bertz CT molecular complexity index is 1020. The van der Waals surface area contributed by atoms with Gasteiger partial charge in [0.2, 0.25) is 12.6 Å². The monoisotopic (exact) mass is 337 g/mol. The topological polar surface area (TPSA) is 65.1 Å². The van der Waals surface area contributed by atoms with E-state index in [4.69, 9.17) is 14.2 Å². The molecule has 25 heavy (non-hydrogen) atoms. The highest BCUT2D eigenvalue weighted by Gasteiger charge is 2.35. The van der Waals surface area contributed by atoms with Crippen LogP contribution in [0.1, 0.15) is 26.3 Å². The third kappa shape index (κ3) is 1.74. The molecule has 0 atom stereocenters. The van der Waals surface area contributed by atoms with Gasteiger partial charge in [0.25, 0.3) is 0 Å². The minimum absolute atomic E-state index is 0.0510. The number of carbonyl (C=O) groups excluding carboxylic acids is 2. The summed E-state index contributed by atoms with van der Waals surface area (Å²) in [6.07, 6.45) is 2.10. The number of rotatable bonds is 1. The molecule has 2 aromatic rings. The number of anilines is 1. The predicted molar refractivity (Wildman–Crippen MR) is 90.8 cm³/mol. The Balaban J connectivity index is 1.98. The van der Waals surface area contributed by atoms with Crippen molar-refractivity contribution in [3.63, 3.8) is 0 Å². The summed E-state index contributed by atoms with van der Waals surface area (Å²) in [7, 11) is 3.38. The molecule has 5 rings (SSSR count). The standard InChI is InChI=1S/C19H15NO5/c1-20-4-3-9-5-14-19(25-8-24-14)17-15(9)11(20)6-10-12(21)7-13(23-2)18(22)16(10)17/h5-7H,3-4,8H2,1-2H3. The second-order valence-corrected chi connectivity index (χ2v) is 6.42. The maximum Gasteiger partial charge on any atom is 0.231 e. The molecule has 2 heterocycles. The Hall–Kier alpha value is -3.02. The molecule has 0 bridgehead atoms. The molecule has 0 amide bonds. The quantitative estimate of drug-likeness (QED) is 0.796. The maximum atomic E-state index is 13.0. The summed E-state index contributed by atoms with van der Waals surface area (Å²) in [5.74, 6) is 0.675. The van der Waals surface area contributed by atoms with Crippen LogP contribution in [0.2, 0.25) is 0 Å². The van der Waals surface area contributed by atoms with Gasteiger partial charge >= 0.3 is 0 Å². The number of Topliss-reactive ketones (excluding diaryl/α,β-unsaturated/α-hetero) is 1. The number of ether oxygens (including phenoxy) is 3. The van der Waals surface area contributed by atoms with E-state index >= 15 is 0 Å². The molecule has 3 aliphatic rings. The van der Waals surface area contributed by atoms with Crippen molar-refractivity contribution in [2.45, 2.75) is 6.42 Å². The number of carbonyl (C=O) groups is 2. The lowest BCUT2D eigenvalue weighted by atomic mass is 9.84. The van der Waals surface area contributed by atoms with Gasteiger partial charge in [0, 0.05) is 47.3 Å². The number of ketones is 2. The van der Waals surface area contributed by atoms with Crippen LogP contribution in [0.5, 0.6) is 11.5 Å². The fraction of sp³-hybridized carbons (Fsp3) is 0.263. The Morgan fingerprint density at radius 3 is 2.80 bits per heavy atom. The minimum Gasteiger partial charge on any atom is -0.492 e. The molecular weight excluding hydrogens is 322 g/mol. The molecule has 126 valence electrons. The Morgan fingerprint density at radius 1 is 1.16 bits per heavy atom. The molecule has 0 N–H and O–H groups in total. The number of methoxy groups -OCH3 is 1. The van der Waals surface area contributed by atoms with E-state index in [1.807, 2.05) is 19.2 Å². The largest absolute Gasteiger partial charge is 0.492 e. The Morgan fingerprint density at radius 2 is 2.00 bits per heavy atom. The highest BCUT2D eigenvalue weighted by atomic mass is 16.7. The second kappa shape index (κ2) is 4.75. The lowest BCUT2D eigenvalue weighted by Crippen LogP contribution is -2.27. The van der Waals surface area contributed by atoms with E-state index in [2.05, 4.69) is 4.90 Å². The van der Waals surface area contributed by atoms with Crippen molar-refractivity contribution in [3.05, 3.63) is 40.7 Å². The smallest absolute Gasteiger partial charge is 0.231 e. The number of hydrogen-bond acceptors (Lipinski definition) is 6. The highest BCUT2D eigenvalue weighted by Crippen LogP contribution is 2.49. The van der Waals surface area contributed by atoms with E-state index in [1.165, 1.54) is 13.2 Å². The molecule has 0 spiro atoms. The molecule has 2 aliphatic heterocycles. The maximum absolute atomic E-state index is 13.0. The molecule has 0 aromatic heterocycles.